The van der Waals surface area contributed by atoms with Crippen molar-refractivity contribution in [1.82, 2.24) is 20.9 Å². The summed E-state index contributed by atoms with van der Waals surface area (Å²) in [4.78, 5) is 37.1. The smallest absolute Gasteiger partial charge is 0.325 e. The van der Waals surface area contributed by atoms with Gasteiger partial charge < -0.3 is 20.7 Å². The van der Waals surface area contributed by atoms with Crippen LogP contribution in [0.15, 0.2) is 0 Å². The molecule has 0 unspecified atom stereocenters. The second kappa shape index (κ2) is 9.05. The molecular weight excluding hydrogens is 324 g/mol. The lowest BCUT2D eigenvalue weighted by Crippen LogP contribution is -2.45. The zero-order chi connectivity index (χ0) is 16.0. The summed E-state index contributed by atoms with van der Waals surface area (Å²) in [5.74, 6) is -0.588. The second-order valence-corrected chi connectivity index (χ2v) is 5.70. The zero-order valence-corrected chi connectivity index (χ0v) is 14.2. The lowest BCUT2D eigenvalue weighted by molar-refractivity contribution is -0.134. The molecule has 1 heterocycles. The second-order valence-electron chi connectivity index (χ2n) is 5.70. The standard InChI is InChI=1S/C14H24N4O4.ClH/c1-22-9-8-15-6-7-16-11(19)10-18-12(20)14(17-13(18)21)4-2-3-5-14;/h15H,2-10H2,1H3,(H,16,19)(H,17,21);1H. The Morgan fingerprint density at radius 3 is 2.61 bits per heavy atom. The predicted molar refractivity (Wildman–Crippen MR) is 86.4 cm³/mol. The summed E-state index contributed by atoms with van der Waals surface area (Å²) in [5.41, 5.74) is -0.751. The number of amides is 4. The van der Waals surface area contributed by atoms with Gasteiger partial charge in [0.25, 0.3) is 5.91 Å². The van der Waals surface area contributed by atoms with Gasteiger partial charge in [-0.25, -0.2) is 4.79 Å². The Morgan fingerprint density at radius 2 is 1.96 bits per heavy atom. The van der Waals surface area contributed by atoms with Crippen LogP contribution >= 0.6 is 12.4 Å². The molecule has 1 aliphatic heterocycles. The summed E-state index contributed by atoms with van der Waals surface area (Å²) < 4.78 is 4.89. The number of hydrogen-bond acceptors (Lipinski definition) is 5. The van der Waals surface area contributed by atoms with Gasteiger partial charge in [0.15, 0.2) is 0 Å². The van der Waals surface area contributed by atoms with E-state index in [4.69, 9.17) is 4.74 Å². The van der Waals surface area contributed by atoms with Crippen LogP contribution < -0.4 is 16.0 Å². The van der Waals surface area contributed by atoms with Crippen molar-refractivity contribution in [2.24, 2.45) is 0 Å². The van der Waals surface area contributed by atoms with Crippen LogP contribution in [0.4, 0.5) is 4.79 Å². The first-order valence-electron chi connectivity index (χ1n) is 7.69. The quantitative estimate of drug-likeness (QED) is 0.410. The molecule has 1 saturated heterocycles. The van der Waals surface area contributed by atoms with Gasteiger partial charge in [0.05, 0.1) is 6.61 Å². The molecule has 2 aliphatic rings. The minimum Gasteiger partial charge on any atom is -0.383 e. The van der Waals surface area contributed by atoms with Gasteiger partial charge in [-0.15, -0.1) is 12.4 Å². The van der Waals surface area contributed by atoms with E-state index < -0.39 is 11.6 Å². The van der Waals surface area contributed by atoms with E-state index in [-0.39, 0.29) is 30.8 Å². The Bertz CT molecular complexity index is 440. The highest BCUT2D eigenvalue weighted by Crippen LogP contribution is 2.34. The summed E-state index contributed by atoms with van der Waals surface area (Å²) in [7, 11) is 1.62. The molecule has 132 valence electrons. The Balaban J connectivity index is 0.00000264. The van der Waals surface area contributed by atoms with Gasteiger partial charge in [0.1, 0.15) is 12.1 Å². The zero-order valence-electron chi connectivity index (χ0n) is 13.4. The van der Waals surface area contributed by atoms with Crippen molar-refractivity contribution < 1.29 is 19.1 Å². The Hall–Kier alpha value is -1.38. The summed E-state index contributed by atoms with van der Waals surface area (Å²) in [5, 5.41) is 8.54. The van der Waals surface area contributed by atoms with Crippen molar-refractivity contribution in [1.29, 1.82) is 0 Å². The van der Waals surface area contributed by atoms with Gasteiger partial charge in [-0.3, -0.25) is 14.5 Å². The number of halogens is 1. The molecule has 2 rings (SSSR count). The average molecular weight is 349 g/mol. The number of carbonyl (C=O) groups excluding carboxylic acids is 3. The number of urea groups is 1. The maximum absolute atomic E-state index is 12.4. The largest absolute Gasteiger partial charge is 0.383 e. The van der Waals surface area contributed by atoms with Crippen molar-refractivity contribution in [2.75, 3.05) is 39.9 Å². The number of ether oxygens (including phenoxy) is 1. The number of carbonyl (C=O) groups is 3. The van der Waals surface area contributed by atoms with Crippen LogP contribution in [0.5, 0.6) is 0 Å². The van der Waals surface area contributed by atoms with Crippen LogP contribution in [0.25, 0.3) is 0 Å². The highest BCUT2D eigenvalue weighted by atomic mass is 35.5. The normalized spacial score (nSPS) is 18.9. The van der Waals surface area contributed by atoms with E-state index in [0.717, 1.165) is 17.7 Å². The van der Waals surface area contributed by atoms with Crippen LogP contribution in [0.1, 0.15) is 25.7 Å². The fourth-order valence-corrected chi connectivity index (χ4v) is 2.93. The number of nitrogens with zero attached hydrogens (tertiary/aromatic N) is 1. The van der Waals surface area contributed by atoms with Gasteiger partial charge in [0, 0.05) is 26.7 Å². The summed E-state index contributed by atoms with van der Waals surface area (Å²) in [6, 6.07) is -0.458. The molecule has 0 radical (unpaired) electrons. The molecule has 2 fully saturated rings. The van der Waals surface area contributed by atoms with Gasteiger partial charge >= 0.3 is 6.03 Å². The first-order chi connectivity index (χ1) is 10.6. The third-order valence-electron chi connectivity index (χ3n) is 4.11. The SMILES string of the molecule is COCCNCCNC(=O)CN1C(=O)NC2(CCCC2)C1=O.Cl. The topological polar surface area (TPSA) is 99.8 Å². The van der Waals surface area contributed by atoms with E-state index in [1.165, 1.54) is 0 Å². The summed E-state index contributed by atoms with van der Waals surface area (Å²) in [6.07, 6.45) is 3.19. The Labute approximate surface area is 142 Å². The van der Waals surface area contributed by atoms with Gasteiger partial charge in [0.2, 0.25) is 5.91 Å². The molecule has 0 atom stereocenters. The summed E-state index contributed by atoms with van der Waals surface area (Å²) >= 11 is 0. The van der Waals surface area contributed by atoms with Gasteiger partial charge in [-0.2, -0.15) is 0 Å². The van der Waals surface area contributed by atoms with Gasteiger partial charge in [-0.05, 0) is 12.8 Å². The van der Waals surface area contributed by atoms with Crippen LogP contribution in [-0.4, -0.2) is 68.2 Å². The summed E-state index contributed by atoms with van der Waals surface area (Å²) in [6.45, 7) is 2.15. The Kier molecular flexibility index (Phi) is 7.74. The van der Waals surface area contributed by atoms with E-state index >= 15 is 0 Å². The number of hydrogen-bond donors (Lipinski definition) is 3. The van der Waals surface area contributed by atoms with Crippen LogP contribution in [0.2, 0.25) is 0 Å². The van der Waals surface area contributed by atoms with Crippen molar-refractivity contribution in [3.63, 3.8) is 0 Å². The molecule has 0 aromatic rings. The number of nitrogens with one attached hydrogen (secondary N) is 3. The predicted octanol–water partition coefficient (Wildman–Crippen LogP) is -0.375. The number of imide groups is 1. The van der Waals surface area contributed by atoms with Crippen LogP contribution in [0, 0.1) is 0 Å². The highest BCUT2D eigenvalue weighted by Gasteiger charge is 2.52. The maximum atomic E-state index is 12.4. The van der Waals surface area contributed by atoms with E-state index in [1.54, 1.807) is 7.11 Å². The minimum atomic E-state index is -0.751. The fraction of sp³-hybridized carbons (Fsp3) is 0.786. The maximum Gasteiger partial charge on any atom is 0.325 e. The van der Waals surface area contributed by atoms with E-state index in [1.807, 2.05) is 0 Å². The van der Waals surface area contributed by atoms with E-state index in [2.05, 4.69) is 16.0 Å². The minimum absolute atomic E-state index is 0. The monoisotopic (exact) mass is 348 g/mol. The lowest BCUT2D eigenvalue weighted by Gasteiger charge is -2.19. The number of rotatable bonds is 8. The van der Waals surface area contributed by atoms with Gasteiger partial charge in [-0.1, -0.05) is 12.8 Å². The van der Waals surface area contributed by atoms with Crippen molar-refractivity contribution in [3.8, 4) is 0 Å². The fourth-order valence-electron chi connectivity index (χ4n) is 2.93. The molecule has 1 spiro atoms. The molecule has 0 aromatic carbocycles. The van der Waals surface area contributed by atoms with E-state index in [0.29, 0.717) is 39.1 Å². The molecule has 0 bridgehead atoms. The molecule has 23 heavy (non-hydrogen) atoms. The first kappa shape index (κ1) is 19.7. The third kappa shape index (κ3) is 4.79. The Morgan fingerprint density at radius 1 is 1.26 bits per heavy atom. The highest BCUT2D eigenvalue weighted by molar-refractivity contribution is 6.09. The van der Waals surface area contributed by atoms with Crippen LogP contribution in [-0.2, 0) is 14.3 Å². The molecule has 9 heteroatoms. The molecule has 3 N–H and O–H groups in total. The first-order valence-corrected chi connectivity index (χ1v) is 7.69. The average Bonchev–Trinajstić information content (AvgIpc) is 3.04. The third-order valence-corrected chi connectivity index (χ3v) is 4.11. The number of methoxy groups -OCH3 is 1. The molecule has 4 amide bonds. The van der Waals surface area contributed by atoms with Crippen molar-refractivity contribution in [3.05, 3.63) is 0 Å². The lowest BCUT2D eigenvalue weighted by atomic mass is 9.98. The molecular formula is C14H25ClN4O4. The van der Waals surface area contributed by atoms with Crippen molar-refractivity contribution >= 4 is 30.3 Å². The van der Waals surface area contributed by atoms with E-state index in [9.17, 15) is 14.4 Å². The molecule has 1 aliphatic carbocycles. The molecule has 1 saturated carbocycles. The molecule has 8 nitrogen and oxygen atoms in total. The van der Waals surface area contributed by atoms with Crippen LogP contribution in [0.3, 0.4) is 0 Å². The molecule has 0 aromatic heterocycles. The van der Waals surface area contributed by atoms with Crippen molar-refractivity contribution in [2.45, 2.75) is 31.2 Å².